The first-order valence-electron chi connectivity index (χ1n) is 10.1. The van der Waals surface area contributed by atoms with Crippen LogP contribution in [0.25, 0.3) is 4.96 Å². The number of nitrogens with zero attached hydrogens (tertiary/aromatic N) is 4. The molecule has 0 saturated carbocycles. The molecule has 3 fully saturated rings. The van der Waals surface area contributed by atoms with Gasteiger partial charge >= 0.3 is 0 Å². The smallest absolute Gasteiger partial charge is 0.258 e. The fourth-order valence-corrected chi connectivity index (χ4v) is 5.64. The molecule has 0 amide bonds. The molecule has 6 heteroatoms. The molecular formula is C22H26N4OS. The lowest BCUT2D eigenvalue weighted by molar-refractivity contribution is 0.121. The summed E-state index contributed by atoms with van der Waals surface area (Å²) < 4.78 is 1.67. The summed E-state index contributed by atoms with van der Waals surface area (Å²) in [4.78, 5) is 24.3. The summed E-state index contributed by atoms with van der Waals surface area (Å²) in [5, 5.41) is 0. The lowest BCUT2D eigenvalue weighted by Crippen LogP contribution is -2.43. The van der Waals surface area contributed by atoms with Crippen LogP contribution in [0.3, 0.4) is 0 Å². The Kier molecular flexibility index (Phi) is 4.78. The number of fused-ring (bicyclic) bond motifs is 5. The van der Waals surface area contributed by atoms with E-state index in [1.54, 1.807) is 21.8 Å². The Balaban J connectivity index is 1.33. The highest BCUT2D eigenvalue weighted by Crippen LogP contribution is 2.29. The van der Waals surface area contributed by atoms with Gasteiger partial charge in [-0.15, -0.1) is 11.3 Å². The van der Waals surface area contributed by atoms with Crippen molar-refractivity contribution >= 4 is 16.3 Å². The predicted molar refractivity (Wildman–Crippen MR) is 113 cm³/mol. The summed E-state index contributed by atoms with van der Waals surface area (Å²) in [5.74, 6) is 0.705. The normalized spacial score (nSPS) is 23.3. The molecule has 0 unspecified atom stereocenters. The van der Waals surface area contributed by atoms with Crippen molar-refractivity contribution in [2.45, 2.75) is 38.9 Å². The predicted octanol–water partition coefficient (Wildman–Crippen LogP) is 3.16. The fourth-order valence-electron chi connectivity index (χ4n) is 4.79. The van der Waals surface area contributed by atoms with Gasteiger partial charge < -0.3 is 0 Å². The number of thiazole rings is 1. The Morgan fingerprint density at radius 1 is 1.11 bits per heavy atom. The first kappa shape index (κ1) is 18.0. The number of aromatic nitrogens is 2. The van der Waals surface area contributed by atoms with E-state index in [9.17, 15) is 4.79 Å². The van der Waals surface area contributed by atoms with Crippen LogP contribution in [0.5, 0.6) is 0 Å². The van der Waals surface area contributed by atoms with E-state index in [1.807, 2.05) is 13.1 Å². The molecule has 0 radical (unpaired) electrons. The topological polar surface area (TPSA) is 40.9 Å². The average Bonchev–Trinajstić information content (AvgIpc) is 2.85. The molecule has 3 saturated heterocycles. The zero-order chi connectivity index (χ0) is 19.1. The highest BCUT2D eigenvalue weighted by molar-refractivity contribution is 7.16. The number of hydrogen-bond acceptors (Lipinski definition) is 5. The zero-order valence-corrected chi connectivity index (χ0v) is 17.1. The van der Waals surface area contributed by atoms with E-state index in [0.717, 1.165) is 41.7 Å². The molecule has 0 aliphatic carbocycles. The van der Waals surface area contributed by atoms with E-state index in [-0.39, 0.29) is 5.56 Å². The first-order chi connectivity index (χ1) is 13.6. The highest BCUT2D eigenvalue weighted by Gasteiger charge is 2.34. The zero-order valence-electron chi connectivity index (χ0n) is 16.3. The molecule has 1 aromatic carbocycles. The van der Waals surface area contributed by atoms with Gasteiger partial charge in [0.2, 0.25) is 0 Å². The van der Waals surface area contributed by atoms with Crippen molar-refractivity contribution in [1.29, 1.82) is 0 Å². The van der Waals surface area contributed by atoms with Crippen LogP contribution in [0.15, 0.2) is 47.4 Å². The Labute approximate surface area is 169 Å². The van der Waals surface area contributed by atoms with E-state index in [4.69, 9.17) is 4.98 Å². The van der Waals surface area contributed by atoms with Gasteiger partial charge in [-0.2, -0.15) is 0 Å². The summed E-state index contributed by atoms with van der Waals surface area (Å²) >= 11 is 1.59. The Morgan fingerprint density at radius 3 is 2.82 bits per heavy atom. The highest BCUT2D eigenvalue weighted by atomic mass is 32.1. The van der Waals surface area contributed by atoms with Gasteiger partial charge in [0.15, 0.2) is 4.96 Å². The second-order valence-corrected chi connectivity index (χ2v) is 9.50. The van der Waals surface area contributed by atoms with Gasteiger partial charge in [-0.25, -0.2) is 4.98 Å². The van der Waals surface area contributed by atoms with E-state index in [1.165, 1.54) is 24.9 Å². The minimum atomic E-state index is 0.0371. The second-order valence-electron chi connectivity index (χ2n) is 8.29. The van der Waals surface area contributed by atoms with E-state index < -0.39 is 0 Å². The van der Waals surface area contributed by atoms with Crippen molar-refractivity contribution in [3.8, 4) is 0 Å². The number of hydrogen-bond donors (Lipinski definition) is 0. The molecule has 2 atom stereocenters. The van der Waals surface area contributed by atoms with Crippen LogP contribution in [0.1, 0.15) is 29.0 Å². The van der Waals surface area contributed by atoms with Gasteiger partial charge in [-0.1, -0.05) is 30.3 Å². The van der Waals surface area contributed by atoms with Crippen molar-refractivity contribution in [1.82, 2.24) is 19.2 Å². The number of aryl methyl sites for hydroxylation is 1. The van der Waals surface area contributed by atoms with Crippen LogP contribution in [0.4, 0.5) is 0 Å². The number of rotatable bonds is 4. The van der Waals surface area contributed by atoms with Crippen LogP contribution >= 0.6 is 11.3 Å². The third-order valence-corrected chi connectivity index (χ3v) is 6.95. The summed E-state index contributed by atoms with van der Waals surface area (Å²) in [5.41, 5.74) is 2.34. The molecule has 2 bridgehead atoms. The van der Waals surface area contributed by atoms with Gasteiger partial charge in [0.25, 0.3) is 5.56 Å². The Bertz CT molecular complexity index is 1030. The van der Waals surface area contributed by atoms with Crippen LogP contribution in [-0.4, -0.2) is 44.9 Å². The second kappa shape index (κ2) is 7.43. The van der Waals surface area contributed by atoms with Gasteiger partial charge in [-0.3, -0.25) is 19.0 Å². The van der Waals surface area contributed by atoms with Crippen molar-refractivity contribution in [3.05, 3.63) is 69.1 Å². The van der Waals surface area contributed by atoms with Gasteiger partial charge in [0, 0.05) is 55.9 Å². The maximum Gasteiger partial charge on any atom is 0.258 e. The third-order valence-electron chi connectivity index (χ3n) is 6.05. The molecule has 0 spiro atoms. The van der Waals surface area contributed by atoms with Crippen molar-refractivity contribution in [2.24, 2.45) is 5.92 Å². The van der Waals surface area contributed by atoms with E-state index in [2.05, 4.69) is 40.1 Å². The van der Waals surface area contributed by atoms with Gasteiger partial charge in [-0.05, 0) is 31.2 Å². The molecule has 3 aliphatic heterocycles. The molecule has 28 heavy (non-hydrogen) atoms. The minimum absolute atomic E-state index is 0.0371. The maximum atomic E-state index is 12.4. The molecule has 6 rings (SSSR count). The quantitative estimate of drug-likeness (QED) is 0.682. The molecule has 5 nitrogen and oxygen atoms in total. The molecule has 3 aromatic rings. The number of piperidine rings is 1. The monoisotopic (exact) mass is 394 g/mol. The summed E-state index contributed by atoms with van der Waals surface area (Å²) in [7, 11) is 0. The van der Waals surface area contributed by atoms with E-state index in [0.29, 0.717) is 12.0 Å². The van der Waals surface area contributed by atoms with Crippen molar-refractivity contribution < 1.29 is 0 Å². The van der Waals surface area contributed by atoms with Crippen LogP contribution in [-0.2, 0) is 13.1 Å². The summed E-state index contributed by atoms with van der Waals surface area (Å²) in [6, 6.07) is 13.0. The summed E-state index contributed by atoms with van der Waals surface area (Å²) in [6.45, 7) is 7.21. The standard InChI is InChI=1S/C22H26N4OS/c1-16-10-26-21(27)9-19(23-22(26)28-16)14-25-13-18-7-8-20(25)15-24(12-18)11-17-5-3-2-4-6-17/h2-6,9-10,18,20H,7-8,11-15H2,1H3/t18-,20+/m0/s1. The lowest BCUT2D eigenvalue weighted by Gasteiger charge is -2.35. The van der Waals surface area contributed by atoms with Crippen LogP contribution in [0, 0.1) is 12.8 Å². The third kappa shape index (κ3) is 3.64. The van der Waals surface area contributed by atoms with Crippen molar-refractivity contribution in [2.75, 3.05) is 19.6 Å². The maximum absolute atomic E-state index is 12.4. The molecule has 3 aliphatic rings. The first-order valence-corrected chi connectivity index (χ1v) is 10.9. The van der Waals surface area contributed by atoms with Gasteiger partial charge in [0.05, 0.1) is 5.69 Å². The largest absolute Gasteiger partial charge is 0.297 e. The molecule has 146 valence electrons. The molecule has 0 N–H and O–H groups in total. The average molecular weight is 395 g/mol. The van der Waals surface area contributed by atoms with Crippen molar-refractivity contribution in [3.63, 3.8) is 0 Å². The Morgan fingerprint density at radius 2 is 1.96 bits per heavy atom. The number of benzene rings is 1. The minimum Gasteiger partial charge on any atom is -0.297 e. The van der Waals surface area contributed by atoms with Crippen LogP contribution < -0.4 is 5.56 Å². The van der Waals surface area contributed by atoms with E-state index >= 15 is 0 Å². The molecule has 5 heterocycles. The van der Waals surface area contributed by atoms with Crippen LogP contribution in [0.2, 0.25) is 0 Å². The summed E-state index contributed by atoms with van der Waals surface area (Å²) in [6.07, 6.45) is 4.44. The van der Waals surface area contributed by atoms with Gasteiger partial charge in [0.1, 0.15) is 0 Å². The fraction of sp³-hybridized carbons (Fsp3) is 0.455. The molecular weight excluding hydrogens is 368 g/mol. The SMILES string of the molecule is Cc1cn2c(=O)cc(CN3C[C@H]4CC[C@@H]3CN(Cc3ccccc3)C4)nc2s1. The lowest BCUT2D eigenvalue weighted by atomic mass is 9.95. The Hall–Kier alpha value is -2.02. The molecule has 2 aromatic heterocycles.